The first-order valence-electron chi connectivity index (χ1n) is 16.7. The molecule has 1 aromatic carbocycles. The normalized spacial score (nSPS) is 12.2. The van der Waals surface area contributed by atoms with Crippen LogP contribution < -0.4 is 4.74 Å². The van der Waals surface area contributed by atoms with Crippen molar-refractivity contribution in [3.05, 3.63) is 42.2 Å². The molecule has 5 heteroatoms. The highest BCUT2D eigenvalue weighted by Gasteiger charge is 2.23. The first kappa shape index (κ1) is 34.7. The third-order valence-electron chi connectivity index (χ3n) is 8.21. The molecule has 0 amide bonds. The molecule has 0 aliphatic rings. The predicted octanol–water partition coefficient (Wildman–Crippen LogP) is 11.6. The van der Waals surface area contributed by atoms with Gasteiger partial charge in [0.1, 0.15) is 5.75 Å². The van der Waals surface area contributed by atoms with Crippen molar-refractivity contribution in [3.8, 4) is 17.1 Å². The predicted molar refractivity (Wildman–Crippen MR) is 182 cm³/mol. The zero-order valence-corrected chi connectivity index (χ0v) is 29.2. The lowest BCUT2D eigenvalue weighted by Crippen LogP contribution is -2.30. The summed E-state index contributed by atoms with van der Waals surface area (Å²) in [4.78, 5) is 9.26. The number of aryl methyl sites for hydroxylation is 1. The molecule has 0 saturated heterocycles. The van der Waals surface area contributed by atoms with Gasteiger partial charge in [-0.05, 0) is 49.1 Å². The maximum atomic E-state index is 6.00. The van der Waals surface area contributed by atoms with Crippen LogP contribution in [-0.4, -0.2) is 32.7 Å². The van der Waals surface area contributed by atoms with Gasteiger partial charge < -0.3 is 4.74 Å². The third-order valence-corrected chi connectivity index (χ3v) is 13.8. The summed E-state index contributed by atoms with van der Waals surface area (Å²) in [5.74, 6) is 1.74. The van der Waals surface area contributed by atoms with Crippen molar-refractivity contribution in [2.75, 3.05) is 6.61 Å². The van der Waals surface area contributed by atoms with E-state index < -0.39 is 16.1 Å². The highest BCUT2D eigenvalue weighted by atomic mass is 28.3. The molecule has 0 radical (unpaired) electrons. The Morgan fingerprint density at radius 3 is 1.75 bits per heavy atom. The van der Waals surface area contributed by atoms with Gasteiger partial charge in [-0.3, -0.25) is 0 Å². The molecule has 0 fully saturated rings. The topological polar surface area (TPSA) is 35.0 Å². The quantitative estimate of drug-likeness (QED) is 0.0965. The lowest BCUT2D eigenvalue weighted by molar-refractivity contribution is 0.304. The summed E-state index contributed by atoms with van der Waals surface area (Å²) in [6.45, 7) is 15.9. The largest absolute Gasteiger partial charge is 0.494 e. The molecule has 0 atom stereocenters. The number of aromatic nitrogens is 2. The number of benzene rings is 1. The van der Waals surface area contributed by atoms with Crippen LogP contribution in [0.5, 0.6) is 5.75 Å². The zero-order valence-electron chi connectivity index (χ0n) is 27.2. The van der Waals surface area contributed by atoms with Crippen LogP contribution in [0.25, 0.3) is 11.4 Å². The fourth-order valence-corrected chi connectivity index (χ4v) is 12.4. The molecular formula is C35H62N2OSi2. The third kappa shape index (κ3) is 16.7. The van der Waals surface area contributed by atoms with E-state index in [1.54, 1.807) is 6.04 Å². The molecule has 0 spiro atoms. The van der Waals surface area contributed by atoms with Crippen LogP contribution in [-0.2, 0) is 6.42 Å². The van der Waals surface area contributed by atoms with Gasteiger partial charge in [0.25, 0.3) is 0 Å². The van der Waals surface area contributed by atoms with Gasteiger partial charge in [-0.1, -0.05) is 135 Å². The fourth-order valence-electron chi connectivity index (χ4n) is 5.24. The number of rotatable bonds is 23. The molecular weight excluding hydrogens is 521 g/mol. The van der Waals surface area contributed by atoms with Gasteiger partial charge in [-0.2, -0.15) is 0 Å². The summed E-state index contributed by atoms with van der Waals surface area (Å²) in [5.41, 5.74) is 2.30. The van der Waals surface area contributed by atoms with Gasteiger partial charge >= 0.3 is 0 Å². The zero-order chi connectivity index (χ0) is 29.1. The average molecular weight is 583 g/mol. The Morgan fingerprint density at radius 2 is 1.15 bits per heavy atom. The van der Waals surface area contributed by atoms with Gasteiger partial charge in [-0.15, -0.1) is 0 Å². The van der Waals surface area contributed by atoms with Crippen LogP contribution in [0, 0.1) is 0 Å². The second-order valence-corrected chi connectivity index (χ2v) is 25.1. The van der Waals surface area contributed by atoms with E-state index in [1.165, 1.54) is 101 Å². The molecule has 0 saturated carbocycles. The summed E-state index contributed by atoms with van der Waals surface area (Å²) in [6.07, 6.45) is 23.9. The van der Waals surface area contributed by atoms with Crippen molar-refractivity contribution in [2.45, 2.75) is 154 Å². The van der Waals surface area contributed by atoms with Gasteiger partial charge in [0.2, 0.25) is 0 Å². The van der Waals surface area contributed by atoms with Crippen LogP contribution in [0.4, 0.5) is 0 Å². The highest BCUT2D eigenvalue weighted by molar-refractivity contribution is 6.82. The summed E-state index contributed by atoms with van der Waals surface area (Å²) < 4.78 is 6.00. The Morgan fingerprint density at radius 1 is 0.600 bits per heavy atom. The second-order valence-electron chi connectivity index (χ2n) is 14.1. The summed E-state index contributed by atoms with van der Waals surface area (Å²) in [6, 6.07) is 12.9. The molecule has 3 nitrogen and oxygen atoms in total. The lowest BCUT2D eigenvalue weighted by Gasteiger charge is -2.26. The number of unbranched alkanes of at least 4 members (excludes halogenated alkanes) is 12. The maximum Gasteiger partial charge on any atom is 0.159 e. The standard InChI is InChI=1S/C35H62N2OSi2/c1-7-8-9-10-11-12-15-18-21-32-30-36-35(37-31-32)33-22-24-34(25-23-33)38-26-19-16-13-14-17-20-27-40(5,6)29-28-39(2,3)4/h22-25,30-31H,7-21,26-29H2,1-6H3. The first-order chi connectivity index (χ1) is 19.2. The van der Waals surface area contributed by atoms with Crippen molar-refractivity contribution in [3.63, 3.8) is 0 Å². The Kier molecular flexibility index (Phi) is 17.0. The molecule has 40 heavy (non-hydrogen) atoms. The minimum Gasteiger partial charge on any atom is -0.494 e. The maximum absolute atomic E-state index is 6.00. The minimum absolute atomic E-state index is 0.799. The van der Waals surface area contributed by atoms with Crippen LogP contribution in [0.3, 0.4) is 0 Å². The van der Waals surface area contributed by atoms with Crippen molar-refractivity contribution < 1.29 is 4.74 Å². The monoisotopic (exact) mass is 582 g/mol. The molecule has 2 rings (SSSR count). The Bertz CT molecular complexity index is 891. The molecule has 0 N–H and O–H groups in total. The number of nitrogens with zero attached hydrogens (tertiary/aromatic N) is 2. The van der Waals surface area contributed by atoms with E-state index in [0.29, 0.717) is 0 Å². The van der Waals surface area contributed by atoms with E-state index in [2.05, 4.69) is 73.9 Å². The van der Waals surface area contributed by atoms with Crippen LogP contribution in [0.15, 0.2) is 36.7 Å². The summed E-state index contributed by atoms with van der Waals surface area (Å²) >= 11 is 0. The molecule has 1 aromatic heterocycles. The number of hydrogen-bond acceptors (Lipinski definition) is 3. The van der Waals surface area contributed by atoms with Crippen molar-refractivity contribution >= 4 is 16.1 Å². The van der Waals surface area contributed by atoms with Crippen molar-refractivity contribution in [2.24, 2.45) is 0 Å². The Labute approximate surface area is 250 Å². The summed E-state index contributed by atoms with van der Waals surface area (Å²) in [7, 11) is -1.84. The second kappa shape index (κ2) is 19.6. The van der Waals surface area contributed by atoms with Gasteiger partial charge in [0.15, 0.2) is 5.82 Å². The SMILES string of the molecule is CCCCCCCCCCc1cnc(-c2ccc(OCCCCCCCC[Si](C)(C)CC[Si](C)(C)C)cc2)nc1. The lowest BCUT2D eigenvalue weighted by atomic mass is 10.1. The van der Waals surface area contributed by atoms with Gasteiger partial charge in [0.05, 0.1) is 6.61 Å². The number of ether oxygens (including phenoxy) is 1. The molecule has 0 aliphatic heterocycles. The molecule has 0 aliphatic carbocycles. The van der Waals surface area contributed by atoms with E-state index in [0.717, 1.165) is 36.6 Å². The van der Waals surface area contributed by atoms with Crippen LogP contribution >= 0.6 is 0 Å². The minimum atomic E-state index is -0.966. The molecule has 1 heterocycles. The van der Waals surface area contributed by atoms with Crippen molar-refractivity contribution in [1.82, 2.24) is 9.97 Å². The molecule has 0 unspecified atom stereocenters. The van der Waals surface area contributed by atoms with E-state index >= 15 is 0 Å². The van der Waals surface area contributed by atoms with E-state index in [4.69, 9.17) is 4.74 Å². The van der Waals surface area contributed by atoms with Gasteiger partial charge in [0, 0.05) is 34.1 Å². The first-order valence-corrected chi connectivity index (χ1v) is 23.8. The average Bonchev–Trinajstić information content (AvgIpc) is 2.93. The molecule has 226 valence electrons. The molecule has 0 bridgehead atoms. The molecule has 2 aromatic rings. The fraction of sp³-hybridized carbons (Fsp3) is 0.714. The van der Waals surface area contributed by atoms with E-state index in [9.17, 15) is 0 Å². The van der Waals surface area contributed by atoms with Crippen molar-refractivity contribution in [1.29, 1.82) is 0 Å². The van der Waals surface area contributed by atoms with E-state index in [1.807, 2.05) is 12.4 Å². The van der Waals surface area contributed by atoms with Crippen LogP contribution in [0.1, 0.15) is 102 Å². The Balaban J connectivity index is 1.53. The number of hydrogen-bond donors (Lipinski definition) is 0. The summed E-state index contributed by atoms with van der Waals surface area (Å²) in [5, 5.41) is 0. The highest BCUT2D eigenvalue weighted by Crippen LogP contribution is 2.26. The van der Waals surface area contributed by atoms with Crippen LogP contribution in [0.2, 0.25) is 50.9 Å². The smallest absolute Gasteiger partial charge is 0.159 e. The Hall–Kier alpha value is -1.47. The van der Waals surface area contributed by atoms with E-state index in [-0.39, 0.29) is 0 Å². The van der Waals surface area contributed by atoms with Gasteiger partial charge in [-0.25, -0.2) is 9.97 Å².